The number of thioether (sulfide) groups is 1. The Morgan fingerprint density at radius 2 is 1.54 bits per heavy atom. The van der Waals surface area contributed by atoms with E-state index in [1.165, 1.54) is 4.31 Å². The maximum atomic E-state index is 13.7. The van der Waals surface area contributed by atoms with Crippen LogP contribution in [0, 0.1) is 0 Å². The van der Waals surface area contributed by atoms with Crippen LogP contribution in [0.15, 0.2) is 113 Å². The lowest BCUT2D eigenvalue weighted by atomic mass is 10.1. The lowest BCUT2D eigenvalue weighted by Gasteiger charge is -2.26. The molecule has 6 nitrogen and oxygen atoms in total. The minimum atomic E-state index is -3.92. The molecule has 0 radical (unpaired) electrons. The third-order valence-electron chi connectivity index (χ3n) is 5.27. The molecule has 0 aliphatic carbocycles. The van der Waals surface area contributed by atoms with Crippen LogP contribution in [-0.2, 0) is 22.3 Å². The molecule has 0 fully saturated rings. The fourth-order valence-electron chi connectivity index (χ4n) is 3.55. The molecule has 1 amide bonds. The second-order valence-electron chi connectivity index (χ2n) is 7.72. The molecule has 3 aromatic carbocycles. The number of nitrogens with zero attached hydrogens (tertiary/aromatic N) is 1. The highest BCUT2D eigenvalue weighted by Crippen LogP contribution is 2.29. The Kier molecular flexibility index (Phi) is 8.28. The summed E-state index contributed by atoms with van der Waals surface area (Å²) in [5.74, 6) is 1.99. The van der Waals surface area contributed by atoms with E-state index in [1.807, 2.05) is 42.5 Å². The van der Waals surface area contributed by atoms with E-state index in [-0.39, 0.29) is 17.3 Å². The highest BCUT2D eigenvalue weighted by atomic mass is 32.2. The second kappa shape index (κ2) is 11.8. The van der Waals surface area contributed by atoms with Gasteiger partial charge in [-0.25, -0.2) is 8.42 Å². The average molecular weight is 507 g/mol. The van der Waals surface area contributed by atoms with Crippen LogP contribution in [0.1, 0.15) is 21.7 Å². The number of benzene rings is 3. The average Bonchev–Trinajstić information content (AvgIpc) is 3.42. The molecule has 0 aliphatic heterocycles. The van der Waals surface area contributed by atoms with Crippen LogP contribution in [-0.4, -0.2) is 26.6 Å². The number of rotatable bonds is 11. The summed E-state index contributed by atoms with van der Waals surface area (Å²) in [7, 11) is -3.92. The van der Waals surface area contributed by atoms with Crippen molar-refractivity contribution < 1.29 is 17.6 Å². The fraction of sp³-hybridized carbons (Fsp3) is 0.148. The number of furan rings is 1. The highest BCUT2D eigenvalue weighted by molar-refractivity contribution is 7.98. The minimum absolute atomic E-state index is 0.0986. The van der Waals surface area contributed by atoms with E-state index >= 15 is 0 Å². The zero-order valence-corrected chi connectivity index (χ0v) is 20.7. The fourth-order valence-corrected chi connectivity index (χ4v) is 5.80. The van der Waals surface area contributed by atoms with Crippen LogP contribution in [0.2, 0.25) is 0 Å². The van der Waals surface area contributed by atoms with Gasteiger partial charge in [0.05, 0.1) is 34.7 Å². The van der Waals surface area contributed by atoms with Gasteiger partial charge in [0, 0.05) is 12.3 Å². The summed E-state index contributed by atoms with van der Waals surface area (Å²) in [5.41, 5.74) is 1.46. The Hall–Kier alpha value is -3.49. The van der Waals surface area contributed by atoms with Crippen LogP contribution in [0.5, 0.6) is 0 Å². The molecular weight excluding hydrogens is 480 g/mol. The normalized spacial score (nSPS) is 11.2. The summed E-state index contributed by atoms with van der Waals surface area (Å²) >= 11 is 1.65. The Bertz CT molecular complexity index is 1330. The van der Waals surface area contributed by atoms with Crippen LogP contribution in [0.4, 0.5) is 5.69 Å². The molecule has 180 valence electrons. The van der Waals surface area contributed by atoms with Gasteiger partial charge in [-0.3, -0.25) is 9.10 Å². The van der Waals surface area contributed by atoms with Gasteiger partial charge in [0.25, 0.3) is 15.9 Å². The summed E-state index contributed by atoms with van der Waals surface area (Å²) in [6, 6.07) is 28.2. The molecule has 1 aromatic heterocycles. The van der Waals surface area contributed by atoms with Crippen molar-refractivity contribution in [2.45, 2.75) is 17.2 Å². The number of para-hydroxylation sites is 1. The van der Waals surface area contributed by atoms with Gasteiger partial charge in [-0.15, -0.1) is 0 Å². The van der Waals surface area contributed by atoms with Gasteiger partial charge in [-0.1, -0.05) is 60.7 Å². The van der Waals surface area contributed by atoms with E-state index in [0.29, 0.717) is 23.5 Å². The van der Waals surface area contributed by atoms with Crippen molar-refractivity contribution in [3.05, 3.63) is 120 Å². The largest absolute Gasteiger partial charge is 0.468 e. The van der Waals surface area contributed by atoms with Crippen LogP contribution in [0.3, 0.4) is 0 Å². The number of anilines is 1. The molecule has 8 heteroatoms. The number of carbonyl (C=O) groups is 1. The van der Waals surface area contributed by atoms with Gasteiger partial charge >= 0.3 is 0 Å². The summed E-state index contributed by atoms with van der Waals surface area (Å²) in [6.07, 6.45) is 1.64. The molecule has 4 rings (SSSR count). The first kappa shape index (κ1) is 24.6. The topological polar surface area (TPSA) is 79.6 Å². The smallest absolute Gasteiger partial charge is 0.264 e. The molecule has 0 saturated heterocycles. The number of hydrogen-bond donors (Lipinski definition) is 1. The highest BCUT2D eigenvalue weighted by Gasteiger charge is 2.28. The van der Waals surface area contributed by atoms with E-state index < -0.39 is 10.0 Å². The van der Waals surface area contributed by atoms with Gasteiger partial charge in [0.1, 0.15) is 5.76 Å². The Morgan fingerprint density at radius 3 is 2.26 bits per heavy atom. The van der Waals surface area contributed by atoms with E-state index in [2.05, 4.69) is 5.32 Å². The summed E-state index contributed by atoms with van der Waals surface area (Å²) < 4.78 is 34.0. The van der Waals surface area contributed by atoms with Crippen molar-refractivity contribution >= 4 is 33.4 Å². The molecule has 35 heavy (non-hydrogen) atoms. The van der Waals surface area contributed by atoms with Gasteiger partial charge in [0.15, 0.2) is 0 Å². The molecule has 0 saturated carbocycles. The second-order valence-corrected chi connectivity index (χ2v) is 10.7. The van der Waals surface area contributed by atoms with Crippen molar-refractivity contribution in [1.82, 2.24) is 5.32 Å². The summed E-state index contributed by atoms with van der Waals surface area (Å²) in [6.45, 7) is 0.546. The quantitative estimate of drug-likeness (QED) is 0.278. The Balaban J connectivity index is 1.56. The molecule has 0 bridgehead atoms. The van der Waals surface area contributed by atoms with Gasteiger partial charge < -0.3 is 9.73 Å². The van der Waals surface area contributed by atoms with Crippen molar-refractivity contribution in [2.24, 2.45) is 0 Å². The number of carbonyl (C=O) groups excluding carboxylic acids is 1. The number of sulfonamides is 1. The maximum absolute atomic E-state index is 13.7. The first-order valence-electron chi connectivity index (χ1n) is 11.1. The predicted molar refractivity (Wildman–Crippen MR) is 140 cm³/mol. The standard InChI is InChI=1S/C27H26N2O4S2/c30-27(28-17-19-34-21-23-12-9-18-33-23)25-15-7-8-16-26(25)29(20-22-10-3-1-4-11-22)35(31,32)24-13-5-2-6-14-24/h1-16,18H,17,19-21H2,(H,28,30). The van der Waals surface area contributed by atoms with E-state index in [4.69, 9.17) is 4.42 Å². The Morgan fingerprint density at radius 1 is 0.857 bits per heavy atom. The van der Waals surface area contributed by atoms with Crippen molar-refractivity contribution in [3.8, 4) is 0 Å². The maximum Gasteiger partial charge on any atom is 0.264 e. The third kappa shape index (κ3) is 6.35. The zero-order valence-electron chi connectivity index (χ0n) is 19.0. The number of nitrogens with one attached hydrogen (secondary N) is 1. The molecule has 1 N–H and O–H groups in total. The molecule has 0 spiro atoms. The minimum Gasteiger partial charge on any atom is -0.468 e. The third-order valence-corrected chi connectivity index (χ3v) is 8.03. The van der Waals surface area contributed by atoms with Crippen LogP contribution >= 0.6 is 11.8 Å². The molecule has 4 aromatic rings. The zero-order chi connectivity index (χ0) is 24.5. The molecule has 0 atom stereocenters. The Labute approximate surface area is 210 Å². The SMILES string of the molecule is O=C(NCCSCc1ccco1)c1ccccc1N(Cc1ccccc1)S(=O)(=O)c1ccccc1. The van der Waals surface area contributed by atoms with Crippen LogP contribution < -0.4 is 9.62 Å². The van der Waals surface area contributed by atoms with E-state index in [0.717, 1.165) is 17.1 Å². The van der Waals surface area contributed by atoms with E-state index in [1.54, 1.807) is 72.6 Å². The lowest BCUT2D eigenvalue weighted by Crippen LogP contribution is -2.34. The van der Waals surface area contributed by atoms with Crippen molar-refractivity contribution in [1.29, 1.82) is 0 Å². The van der Waals surface area contributed by atoms with Gasteiger partial charge in [-0.2, -0.15) is 11.8 Å². The van der Waals surface area contributed by atoms with E-state index in [9.17, 15) is 13.2 Å². The number of hydrogen-bond acceptors (Lipinski definition) is 5. The molecule has 0 unspecified atom stereocenters. The van der Waals surface area contributed by atoms with Crippen molar-refractivity contribution in [2.75, 3.05) is 16.6 Å². The predicted octanol–water partition coefficient (Wildman–Crippen LogP) is 5.34. The summed E-state index contributed by atoms with van der Waals surface area (Å²) in [5, 5.41) is 2.92. The first-order valence-corrected chi connectivity index (χ1v) is 13.7. The summed E-state index contributed by atoms with van der Waals surface area (Å²) in [4.78, 5) is 13.3. The molecular formula is C27H26N2O4S2. The molecule has 1 heterocycles. The van der Waals surface area contributed by atoms with Crippen molar-refractivity contribution in [3.63, 3.8) is 0 Å². The lowest BCUT2D eigenvalue weighted by molar-refractivity contribution is 0.0957. The number of amides is 1. The van der Waals surface area contributed by atoms with Gasteiger partial charge in [-0.05, 0) is 42.0 Å². The van der Waals surface area contributed by atoms with Crippen LogP contribution in [0.25, 0.3) is 0 Å². The molecule has 0 aliphatic rings. The monoisotopic (exact) mass is 506 g/mol. The van der Waals surface area contributed by atoms with Gasteiger partial charge in [0.2, 0.25) is 0 Å². The first-order chi connectivity index (χ1) is 17.1.